The summed E-state index contributed by atoms with van der Waals surface area (Å²) in [5, 5.41) is 2.21. The van der Waals surface area contributed by atoms with Crippen LogP contribution in [0.25, 0.3) is 10.8 Å². The Morgan fingerprint density at radius 3 is 2.40 bits per heavy atom. The minimum absolute atomic E-state index is 0.126. The zero-order valence-electron chi connectivity index (χ0n) is 11.6. The summed E-state index contributed by atoms with van der Waals surface area (Å²) in [6, 6.07) is 13.7. The molecular formula is C17H18O3. The highest BCUT2D eigenvalue weighted by molar-refractivity contribution is 5.99. The SMILES string of the molecule is COC(=O)CCCCC(=O)c1ccc2ccccc2c1. The number of ether oxygens (including phenoxy) is 1. The molecule has 0 aliphatic carbocycles. The third-order valence-corrected chi connectivity index (χ3v) is 3.33. The first kappa shape index (κ1) is 14.3. The van der Waals surface area contributed by atoms with Crippen molar-refractivity contribution in [2.24, 2.45) is 0 Å². The van der Waals surface area contributed by atoms with E-state index in [1.165, 1.54) is 7.11 Å². The summed E-state index contributed by atoms with van der Waals surface area (Å²) in [5.41, 5.74) is 0.738. The van der Waals surface area contributed by atoms with Crippen LogP contribution in [0, 0.1) is 0 Å². The van der Waals surface area contributed by atoms with Gasteiger partial charge in [-0.1, -0.05) is 36.4 Å². The molecule has 0 unspecified atom stereocenters. The molecule has 104 valence electrons. The van der Waals surface area contributed by atoms with Crippen molar-refractivity contribution in [3.05, 3.63) is 48.0 Å². The Kier molecular flexibility index (Phi) is 4.88. The standard InChI is InChI=1S/C17H18O3/c1-20-17(19)9-5-4-8-16(18)15-11-10-13-6-2-3-7-14(13)12-15/h2-3,6-7,10-12H,4-5,8-9H2,1H3. The molecule has 2 aromatic rings. The van der Waals surface area contributed by atoms with Crippen molar-refractivity contribution in [1.82, 2.24) is 0 Å². The quantitative estimate of drug-likeness (QED) is 0.456. The Bertz CT molecular complexity index is 616. The second-order valence-corrected chi connectivity index (χ2v) is 4.77. The molecule has 0 aliphatic heterocycles. The van der Waals surface area contributed by atoms with E-state index >= 15 is 0 Å². The molecule has 0 spiro atoms. The average molecular weight is 270 g/mol. The number of ketones is 1. The highest BCUT2D eigenvalue weighted by Gasteiger charge is 2.07. The van der Waals surface area contributed by atoms with Crippen LogP contribution in [-0.4, -0.2) is 18.9 Å². The second-order valence-electron chi connectivity index (χ2n) is 4.77. The molecule has 0 N–H and O–H groups in total. The first-order valence-corrected chi connectivity index (χ1v) is 6.79. The Morgan fingerprint density at radius 1 is 0.950 bits per heavy atom. The molecule has 0 saturated heterocycles. The molecule has 2 rings (SSSR count). The van der Waals surface area contributed by atoms with Crippen LogP contribution in [0.3, 0.4) is 0 Å². The molecule has 0 radical (unpaired) electrons. The zero-order chi connectivity index (χ0) is 14.4. The van der Waals surface area contributed by atoms with Crippen molar-refractivity contribution >= 4 is 22.5 Å². The van der Waals surface area contributed by atoms with Crippen LogP contribution in [0.1, 0.15) is 36.0 Å². The predicted octanol–water partition coefficient (Wildman–Crippen LogP) is 3.76. The lowest BCUT2D eigenvalue weighted by Crippen LogP contribution is -2.02. The van der Waals surface area contributed by atoms with Gasteiger partial charge in [0.15, 0.2) is 5.78 Å². The van der Waals surface area contributed by atoms with Crippen molar-refractivity contribution < 1.29 is 14.3 Å². The molecule has 0 fully saturated rings. The van der Waals surface area contributed by atoms with Gasteiger partial charge in [0.05, 0.1) is 7.11 Å². The number of unbranched alkanes of at least 4 members (excludes halogenated alkanes) is 1. The van der Waals surface area contributed by atoms with Gasteiger partial charge >= 0.3 is 5.97 Å². The molecule has 0 amide bonds. The topological polar surface area (TPSA) is 43.4 Å². The van der Waals surface area contributed by atoms with Crippen LogP contribution in [-0.2, 0) is 9.53 Å². The van der Waals surface area contributed by atoms with Gasteiger partial charge in [-0.3, -0.25) is 9.59 Å². The van der Waals surface area contributed by atoms with E-state index in [0.717, 1.165) is 16.3 Å². The molecule has 0 aliphatic rings. The number of Topliss-reactive ketones (excluding diaryl/α,β-unsaturated/α-hetero) is 1. The Morgan fingerprint density at radius 2 is 1.65 bits per heavy atom. The van der Waals surface area contributed by atoms with E-state index in [4.69, 9.17) is 0 Å². The van der Waals surface area contributed by atoms with Gasteiger partial charge in [-0.05, 0) is 29.7 Å². The van der Waals surface area contributed by atoms with E-state index in [9.17, 15) is 9.59 Å². The Labute approximate surface area is 118 Å². The number of methoxy groups -OCH3 is 1. The van der Waals surface area contributed by atoms with Gasteiger partial charge in [0.1, 0.15) is 0 Å². The van der Waals surface area contributed by atoms with Crippen LogP contribution >= 0.6 is 0 Å². The van der Waals surface area contributed by atoms with E-state index in [-0.39, 0.29) is 11.8 Å². The van der Waals surface area contributed by atoms with Gasteiger partial charge in [0.2, 0.25) is 0 Å². The number of carbonyl (C=O) groups is 2. The molecule has 0 bridgehead atoms. The molecule has 3 nitrogen and oxygen atoms in total. The van der Waals surface area contributed by atoms with E-state index in [1.807, 2.05) is 42.5 Å². The van der Waals surface area contributed by atoms with E-state index in [2.05, 4.69) is 4.74 Å². The molecule has 3 heteroatoms. The van der Waals surface area contributed by atoms with Crippen molar-refractivity contribution in [3.63, 3.8) is 0 Å². The second kappa shape index (κ2) is 6.85. The fraction of sp³-hybridized carbons (Fsp3) is 0.294. The largest absolute Gasteiger partial charge is 0.469 e. The van der Waals surface area contributed by atoms with Crippen molar-refractivity contribution in [1.29, 1.82) is 0 Å². The third-order valence-electron chi connectivity index (χ3n) is 3.33. The maximum Gasteiger partial charge on any atom is 0.305 e. The molecule has 20 heavy (non-hydrogen) atoms. The summed E-state index contributed by atoms with van der Waals surface area (Å²) in [4.78, 5) is 23.1. The van der Waals surface area contributed by atoms with Crippen LogP contribution < -0.4 is 0 Å². The Balaban J connectivity index is 1.92. The van der Waals surface area contributed by atoms with Crippen LogP contribution in [0.2, 0.25) is 0 Å². The lowest BCUT2D eigenvalue weighted by molar-refractivity contribution is -0.140. The Hall–Kier alpha value is -2.16. The van der Waals surface area contributed by atoms with Gasteiger partial charge in [-0.15, -0.1) is 0 Å². The summed E-state index contributed by atoms with van der Waals surface area (Å²) < 4.78 is 4.57. The molecule has 0 saturated carbocycles. The average Bonchev–Trinajstić information content (AvgIpc) is 2.50. The summed E-state index contributed by atoms with van der Waals surface area (Å²) in [6.07, 6.45) is 2.24. The number of carbonyl (C=O) groups excluding carboxylic acids is 2. The van der Waals surface area contributed by atoms with Crippen LogP contribution in [0.4, 0.5) is 0 Å². The van der Waals surface area contributed by atoms with E-state index in [0.29, 0.717) is 25.7 Å². The fourth-order valence-electron chi connectivity index (χ4n) is 2.16. The fourth-order valence-corrected chi connectivity index (χ4v) is 2.16. The molecule has 0 heterocycles. The third kappa shape index (κ3) is 3.67. The van der Waals surface area contributed by atoms with Crippen molar-refractivity contribution in [2.45, 2.75) is 25.7 Å². The van der Waals surface area contributed by atoms with Gasteiger partial charge in [0.25, 0.3) is 0 Å². The number of fused-ring (bicyclic) bond motifs is 1. The zero-order valence-corrected chi connectivity index (χ0v) is 11.6. The number of rotatable bonds is 6. The lowest BCUT2D eigenvalue weighted by Gasteiger charge is -2.03. The number of hydrogen-bond donors (Lipinski definition) is 0. The van der Waals surface area contributed by atoms with E-state index in [1.54, 1.807) is 0 Å². The minimum atomic E-state index is -0.219. The summed E-state index contributed by atoms with van der Waals surface area (Å²) >= 11 is 0. The highest BCUT2D eigenvalue weighted by Crippen LogP contribution is 2.17. The van der Waals surface area contributed by atoms with E-state index < -0.39 is 0 Å². The predicted molar refractivity (Wildman–Crippen MR) is 78.8 cm³/mol. The van der Waals surface area contributed by atoms with Gasteiger partial charge < -0.3 is 4.74 Å². The summed E-state index contributed by atoms with van der Waals surface area (Å²) in [5.74, 6) is -0.0937. The lowest BCUT2D eigenvalue weighted by atomic mass is 10.0. The van der Waals surface area contributed by atoms with Crippen molar-refractivity contribution in [3.8, 4) is 0 Å². The molecule has 2 aromatic carbocycles. The molecule has 0 aromatic heterocycles. The number of esters is 1. The first-order valence-electron chi connectivity index (χ1n) is 6.79. The van der Waals surface area contributed by atoms with Gasteiger partial charge in [0, 0.05) is 18.4 Å². The maximum absolute atomic E-state index is 12.1. The molecule has 0 atom stereocenters. The summed E-state index contributed by atoms with van der Waals surface area (Å²) in [6.45, 7) is 0. The minimum Gasteiger partial charge on any atom is -0.469 e. The molecular weight excluding hydrogens is 252 g/mol. The van der Waals surface area contributed by atoms with Crippen LogP contribution in [0.5, 0.6) is 0 Å². The van der Waals surface area contributed by atoms with Crippen molar-refractivity contribution in [2.75, 3.05) is 7.11 Å². The maximum atomic E-state index is 12.1. The normalized spacial score (nSPS) is 10.4. The van der Waals surface area contributed by atoms with Gasteiger partial charge in [-0.25, -0.2) is 0 Å². The highest BCUT2D eigenvalue weighted by atomic mass is 16.5. The van der Waals surface area contributed by atoms with Gasteiger partial charge in [-0.2, -0.15) is 0 Å². The number of benzene rings is 2. The number of hydrogen-bond acceptors (Lipinski definition) is 3. The smallest absolute Gasteiger partial charge is 0.305 e. The van der Waals surface area contributed by atoms with Crippen LogP contribution in [0.15, 0.2) is 42.5 Å². The monoisotopic (exact) mass is 270 g/mol. The first-order chi connectivity index (χ1) is 9.70. The summed E-state index contributed by atoms with van der Waals surface area (Å²) in [7, 11) is 1.38.